The van der Waals surface area contributed by atoms with E-state index in [0.29, 0.717) is 24.2 Å². The van der Waals surface area contributed by atoms with Crippen molar-refractivity contribution < 1.29 is 4.74 Å². The maximum Gasteiger partial charge on any atom is 0.218 e. The van der Waals surface area contributed by atoms with Gasteiger partial charge in [0.25, 0.3) is 0 Å². The van der Waals surface area contributed by atoms with Crippen LogP contribution in [0.15, 0.2) is 6.07 Å². The van der Waals surface area contributed by atoms with Gasteiger partial charge in [-0.2, -0.15) is 4.98 Å². The van der Waals surface area contributed by atoms with E-state index >= 15 is 0 Å². The molecule has 0 saturated carbocycles. The lowest BCUT2D eigenvalue weighted by Gasteiger charge is -2.08. The van der Waals surface area contributed by atoms with Gasteiger partial charge in [0, 0.05) is 12.5 Å². The van der Waals surface area contributed by atoms with Gasteiger partial charge in [-0.15, -0.1) is 0 Å². The number of hydrogen-bond donors (Lipinski definition) is 1. The average molecular weight is 209 g/mol. The third-order valence-electron chi connectivity index (χ3n) is 2.03. The first-order valence-corrected chi connectivity index (χ1v) is 5.38. The van der Waals surface area contributed by atoms with Crippen LogP contribution in [-0.4, -0.2) is 16.6 Å². The summed E-state index contributed by atoms with van der Waals surface area (Å²) in [5.74, 6) is 2.42. The summed E-state index contributed by atoms with van der Waals surface area (Å²) in [6, 6.07) is 1.67. The predicted octanol–water partition coefficient (Wildman–Crippen LogP) is 2.05. The molecule has 0 radical (unpaired) electrons. The quantitative estimate of drug-likeness (QED) is 0.806. The third kappa shape index (κ3) is 4.14. The van der Waals surface area contributed by atoms with Crippen molar-refractivity contribution >= 4 is 5.82 Å². The molecule has 0 aliphatic rings. The van der Waals surface area contributed by atoms with Crippen LogP contribution in [0.4, 0.5) is 5.82 Å². The van der Waals surface area contributed by atoms with Gasteiger partial charge in [-0.25, -0.2) is 4.98 Å². The van der Waals surface area contributed by atoms with E-state index in [1.165, 1.54) is 0 Å². The van der Waals surface area contributed by atoms with E-state index in [-0.39, 0.29) is 0 Å². The molecule has 1 rings (SSSR count). The first-order valence-electron chi connectivity index (χ1n) is 5.38. The maximum atomic E-state index is 5.64. The fraction of sp³-hybridized carbons (Fsp3) is 0.636. The van der Waals surface area contributed by atoms with Crippen molar-refractivity contribution in [3.63, 3.8) is 0 Å². The van der Waals surface area contributed by atoms with Gasteiger partial charge in [0.05, 0.1) is 6.61 Å². The van der Waals surface area contributed by atoms with Crippen LogP contribution in [0.2, 0.25) is 0 Å². The molecule has 0 aliphatic carbocycles. The maximum absolute atomic E-state index is 5.64. The molecule has 1 aromatic rings. The van der Waals surface area contributed by atoms with Crippen LogP contribution < -0.4 is 10.5 Å². The van der Waals surface area contributed by atoms with Crippen molar-refractivity contribution in [1.82, 2.24) is 9.97 Å². The predicted molar refractivity (Wildman–Crippen MR) is 60.8 cm³/mol. The smallest absolute Gasteiger partial charge is 0.218 e. The standard InChI is InChI=1S/C11H19N3O/c1-4-10-13-9(12)7-11(14-10)15-6-5-8(2)3/h7-8H,4-6H2,1-3H3,(H2,12,13,14). The van der Waals surface area contributed by atoms with E-state index in [2.05, 4.69) is 23.8 Å². The van der Waals surface area contributed by atoms with Crippen LogP contribution in [0.1, 0.15) is 33.0 Å². The molecule has 4 heteroatoms. The normalized spacial score (nSPS) is 10.7. The van der Waals surface area contributed by atoms with E-state index in [9.17, 15) is 0 Å². The first kappa shape index (κ1) is 11.8. The highest BCUT2D eigenvalue weighted by Crippen LogP contribution is 2.12. The first-order chi connectivity index (χ1) is 7.11. The molecule has 0 aliphatic heterocycles. The molecular weight excluding hydrogens is 190 g/mol. The minimum atomic E-state index is 0.474. The molecule has 15 heavy (non-hydrogen) atoms. The van der Waals surface area contributed by atoms with Gasteiger partial charge in [-0.3, -0.25) is 0 Å². The van der Waals surface area contributed by atoms with Crippen molar-refractivity contribution in [1.29, 1.82) is 0 Å². The summed E-state index contributed by atoms with van der Waals surface area (Å²) in [5, 5.41) is 0. The van der Waals surface area contributed by atoms with Crippen molar-refractivity contribution in [3.8, 4) is 5.88 Å². The lowest BCUT2D eigenvalue weighted by Crippen LogP contribution is -2.06. The van der Waals surface area contributed by atoms with Gasteiger partial charge in [-0.05, 0) is 12.3 Å². The lowest BCUT2D eigenvalue weighted by atomic mass is 10.1. The number of nitrogens with zero attached hydrogens (tertiary/aromatic N) is 2. The lowest BCUT2D eigenvalue weighted by molar-refractivity contribution is 0.278. The molecule has 84 valence electrons. The fourth-order valence-corrected chi connectivity index (χ4v) is 1.12. The summed E-state index contributed by atoms with van der Waals surface area (Å²) in [6.07, 6.45) is 1.79. The molecule has 0 saturated heterocycles. The molecule has 0 fully saturated rings. The third-order valence-corrected chi connectivity index (χ3v) is 2.03. The second-order valence-corrected chi connectivity index (χ2v) is 3.93. The summed E-state index contributed by atoms with van der Waals surface area (Å²) in [5.41, 5.74) is 5.64. The number of nitrogens with two attached hydrogens (primary N) is 1. The Labute approximate surface area is 90.9 Å². The zero-order valence-corrected chi connectivity index (χ0v) is 9.66. The molecular formula is C11H19N3O. The van der Waals surface area contributed by atoms with Crippen LogP contribution in [0.3, 0.4) is 0 Å². The van der Waals surface area contributed by atoms with Crippen LogP contribution in [0.5, 0.6) is 5.88 Å². The highest BCUT2D eigenvalue weighted by molar-refractivity contribution is 5.32. The summed E-state index contributed by atoms with van der Waals surface area (Å²) in [7, 11) is 0. The molecule has 4 nitrogen and oxygen atoms in total. The number of nitrogen functional groups attached to an aromatic ring is 1. The number of rotatable bonds is 5. The van der Waals surface area contributed by atoms with Gasteiger partial charge in [0.2, 0.25) is 5.88 Å². The molecule has 1 aromatic heterocycles. The molecule has 1 heterocycles. The Balaban J connectivity index is 2.56. The summed E-state index contributed by atoms with van der Waals surface area (Å²) < 4.78 is 5.51. The van der Waals surface area contributed by atoms with Crippen molar-refractivity contribution in [3.05, 3.63) is 11.9 Å². The van der Waals surface area contributed by atoms with Gasteiger partial charge in [0.15, 0.2) is 0 Å². The highest BCUT2D eigenvalue weighted by atomic mass is 16.5. The SMILES string of the molecule is CCc1nc(N)cc(OCCC(C)C)n1. The fourth-order valence-electron chi connectivity index (χ4n) is 1.12. The minimum Gasteiger partial charge on any atom is -0.478 e. The molecule has 0 atom stereocenters. The Morgan fingerprint density at radius 1 is 1.40 bits per heavy atom. The van der Waals surface area contributed by atoms with Crippen molar-refractivity contribution in [2.75, 3.05) is 12.3 Å². The second-order valence-electron chi connectivity index (χ2n) is 3.93. The van der Waals surface area contributed by atoms with Crippen LogP contribution in [0.25, 0.3) is 0 Å². The molecule has 0 bridgehead atoms. The Bertz CT molecular complexity index is 313. The Hall–Kier alpha value is -1.32. The van der Waals surface area contributed by atoms with Gasteiger partial charge < -0.3 is 10.5 Å². The highest BCUT2D eigenvalue weighted by Gasteiger charge is 2.02. The summed E-state index contributed by atoms with van der Waals surface area (Å²) >= 11 is 0. The monoisotopic (exact) mass is 209 g/mol. The van der Waals surface area contributed by atoms with Gasteiger partial charge in [0.1, 0.15) is 11.6 Å². The second kappa shape index (κ2) is 5.53. The zero-order chi connectivity index (χ0) is 11.3. The van der Waals surface area contributed by atoms with E-state index in [4.69, 9.17) is 10.5 Å². The Morgan fingerprint density at radius 2 is 2.13 bits per heavy atom. The molecule has 2 N–H and O–H groups in total. The van der Waals surface area contributed by atoms with Crippen LogP contribution in [-0.2, 0) is 6.42 Å². The summed E-state index contributed by atoms with van der Waals surface area (Å²) in [6.45, 7) is 6.99. The zero-order valence-electron chi connectivity index (χ0n) is 9.66. The number of ether oxygens (including phenoxy) is 1. The van der Waals surface area contributed by atoms with Crippen LogP contribution >= 0.6 is 0 Å². The molecule has 0 amide bonds. The number of hydrogen-bond acceptors (Lipinski definition) is 4. The van der Waals surface area contributed by atoms with E-state index in [1.807, 2.05) is 6.92 Å². The number of aromatic nitrogens is 2. The molecule has 0 aromatic carbocycles. The molecule has 0 spiro atoms. The largest absolute Gasteiger partial charge is 0.478 e. The average Bonchev–Trinajstić information content (AvgIpc) is 2.16. The van der Waals surface area contributed by atoms with E-state index < -0.39 is 0 Å². The topological polar surface area (TPSA) is 61.0 Å². The van der Waals surface area contributed by atoms with E-state index in [0.717, 1.165) is 18.7 Å². The minimum absolute atomic E-state index is 0.474. The van der Waals surface area contributed by atoms with Gasteiger partial charge >= 0.3 is 0 Å². The van der Waals surface area contributed by atoms with Crippen molar-refractivity contribution in [2.45, 2.75) is 33.6 Å². The van der Waals surface area contributed by atoms with Crippen molar-refractivity contribution in [2.24, 2.45) is 5.92 Å². The van der Waals surface area contributed by atoms with Gasteiger partial charge in [-0.1, -0.05) is 20.8 Å². The Kier molecular flexibility index (Phi) is 4.34. The Morgan fingerprint density at radius 3 is 2.73 bits per heavy atom. The van der Waals surface area contributed by atoms with Crippen LogP contribution in [0, 0.1) is 5.92 Å². The number of aryl methyl sites for hydroxylation is 1. The van der Waals surface area contributed by atoms with E-state index in [1.54, 1.807) is 6.07 Å². The molecule has 0 unspecified atom stereocenters. The summed E-state index contributed by atoms with van der Waals surface area (Å²) in [4.78, 5) is 8.32. The number of anilines is 1.